The third kappa shape index (κ3) is 1.69. The van der Waals surface area contributed by atoms with Gasteiger partial charge in [0.15, 0.2) is 0 Å². The van der Waals surface area contributed by atoms with Crippen LogP contribution in [0.25, 0.3) is 0 Å². The van der Waals surface area contributed by atoms with E-state index in [-0.39, 0.29) is 0 Å². The van der Waals surface area contributed by atoms with E-state index in [0.717, 1.165) is 12.2 Å². The second-order valence-corrected chi connectivity index (χ2v) is 3.52. The van der Waals surface area contributed by atoms with Crippen LogP contribution < -0.4 is 0 Å². The first-order valence-corrected chi connectivity index (χ1v) is 4.78. The Kier molecular flexibility index (Phi) is 2.35. The van der Waals surface area contributed by atoms with Gasteiger partial charge in [-0.1, -0.05) is 30.3 Å². The molecule has 1 aromatic carbocycles. The molecule has 1 aromatic heterocycles. The first-order valence-electron chi connectivity index (χ1n) is 4.78. The molecule has 0 aliphatic carbocycles. The summed E-state index contributed by atoms with van der Waals surface area (Å²) in [6.07, 6.45) is 2.90. The van der Waals surface area contributed by atoms with Crippen LogP contribution in [0.1, 0.15) is 17.1 Å². The molecule has 0 bridgehead atoms. The van der Waals surface area contributed by atoms with Crippen molar-refractivity contribution in [1.29, 1.82) is 0 Å². The van der Waals surface area contributed by atoms with Crippen LogP contribution in [0.3, 0.4) is 0 Å². The first-order chi connectivity index (χ1) is 6.77. The van der Waals surface area contributed by atoms with Crippen molar-refractivity contribution in [2.75, 3.05) is 0 Å². The van der Waals surface area contributed by atoms with Gasteiger partial charge in [0.2, 0.25) is 0 Å². The van der Waals surface area contributed by atoms with Crippen molar-refractivity contribution in [2.45, 2.75) is 13.3 Å². The summed E-state index contributed by atoms with van der Waals surface area (Å²) < 4.78 is 2.13. The lowest BCUT2D eigenvalue weighted by molar-refractivity contribution is 0.806. The minimum absolute atomic E-state index is 0.957. The minimum Gasteiger partial charge on any atom is -0.335 e. The maximum Gasteiger partial charge on any atom is 0.105 e. The Morgan fingerprint density at radius 1 is 1.21 bits per heavy atom. The van der Waals surface area contributed by atoms with Gasteiger partial charge in [0, 0.05) is 25.4 Å². The predicted molar refractivity (Wildman–Crippen MR) is 57.2 cm³/mol. The predicted octanol–water partition coefficient (Wildman–Crippen LogP) is 2.32. The Morgan fingerprint density at radius 3 is 2.50 bits per heavy atom. The van der Waals surface area contributed by atoms with Crippen LogP contribution in [0.15, 0.2) is 36.5 Å². The normalized spacial score (nSPS) is 10.4. The quantitative estimate of drug-likeness (QED) is 0.703. The summed E-state index contributed by atoms with van der Waals surface area (Å²) in [4.78, 5) is 4.28. The molecule has 0 amide bonds. The summed E-state index contributed by atoms with van der Waals surface area (Å²) in [5, 5.41) is 0. The molecule has 0 atom stereocenters. The lowest BCUT2D eigenvalue weighted by Gasteiger charge is -2.03. The number of aromatic nitrogens is 2. The van der Waals surface area contributed by atoms with E-state index in [1.165, 1.54) is 11.3 Å². The highest BCUT2D eigenvalue weighted by Crippen LogP contribution is 2.09. The van der Waals surface area contributed by atoms with Crippen molar-refractivity contribution in [3.8, 4) is 0 Å². The largest absolute Gasteiger partial charge is 0.335 e. The van der Waals surface area contributed by atoms with E-state index in [1.54, 1.807) is 0 Å². The SMILES string of the molecule is Cc1ncc(Cc2ccccc2)n1C. The molecule has 0 fully saturated rings. The molecule has 0 aliphatic heterocycles. The molecule has 0 saturated carbocycles. The molecular formula is C12H14N2. The molecule has 0 unspecified atom stereocenters. The summed E-state index contributed by atoms with van der Waals surface area (Å²) in [6.45, 7) is 2.02. The van der Waals surface area contributed by atoms with Gasteiger partial charge in [-0.2, -0.15) is 0 Å². The monoisotopic (exact) mass is 186 g/mol. The van der Waals surface area contributed by atoms with E-state index in [1.807, 2.05) is 19.2 Å². The third-order valence-corrected chi connectivity index (χ3v) is 2.54. The maximum absolute atomic E-state index is 4.28. The van der Waals surface area contributed by atoms with E-state index in [2.05, 4.69) is 40.9 Å². The highest BCUT2D eigenvalue weighted by molar-refractivity contribution is 5.21. The minimum atomic E-state index is 0.957. The van der Waals surface area contributed by atoms with Gasteiger partial charge in [-0.05, 0) is 12.5 Å². The molecular weight excluding hydrogens is 172 g/mol. The summed E-state index contributed by atoms with van der Waals surface area (Å²) in [5.41, 5.74) is 2.59. The number of benzene rings is 1. The van der Waals surface area contributed by atoms with E-state index in [4.69, 9.17) is 0 Å². The van der Waals surface area contributed by atoms with Gasteiger partial charge >= 0.3 is 0 Å². The Balaban J connectivity index is 2.23. The van der Waals surface area contributed by atoms with Crippen molar-refractivity contribution in [3.05, 3.63) is 53.6 Å². The molecule has 0 aliphatic rings. The van der Waals surface area contributed by atoms with E-state index in [0.29, 0.717) is 0 Å². The summed E-state index contributed by atoms with van der Waals surface area (Å²) >= 11 is 0. The second-order valence-electron chi connectivity index (χ2n) is 3.52. The lowest BCUT2D eigenvalue weighted by atomic mass is 10.1. The van der Waals surface area contributed by atoms with Gasteiger partial charge in [0.05, 0.1) is 0 Å². The Labute approximate surface area is 84.2 Å². The van der Waals surface area contributed by atoms with Crippen molar-refractivity contribution in [2.24, 2.45) is 7.05 Å². The van der Waals surface area contributed by atoms with E-state index < -0.39 is 0 Å². The number of rotatable bonds is 2. The Morgan fingerprint density at radius 2 is 1.93 bits per heavy atom. The van der Waals surface area contributed by atoms with Crippen molar-refractivity contribution >= 4 is 0 Å². The van der Waals surface area contributed by atoms with Crippen LogP contribution >= 0.6 is 0 Å². The average molecular weight is 186 g/mol. The number of hydrogen-bond donors (Lipinski definition) is 0. The van der Waals surface area contributed by atoms with Gasteiger partial charge in [-0.15, -0.1) is 0 Å². The zero-order valence-electron chi connectivity index (χ0n) is 8.57. The molecule has 0 radical (unpaired) electrons. The molecule has 0 N–H and O–H groups in total. The van der Waals surface area contributed by atoms with Gasteiger partial charge in [-0.25, -0.2) is 4.98 Å². The first kappa shape index (κ1) is 9.00. The maximum atomic E-state index is 4.28. The van der Waals surface area contributed by atoms with E-state index in [9.17, 15) is 0 Å². The van der Waals surface area contributed by atoms with Gasteiger partial charge in [-0.3, -0.25) is 0 Å². The molecule has 2 rings (SSSR count). The fourth-order valence-electron chi connectivity index (χ4n) is 1.52. The average Bonchev–Trinajstić information content (AvgIpc) is 2.52. The molecule has 2 aromatic rings. The molecule has 0 spiro atoms. The zero-order valence-corrected chi connectivity index (χ0v) is 8.57. The van der Waals surface area contributed by atoms with Crippen LogP contribution in [-0.4, -0.2) is 9.55 Å². The summed E-state index contributed by atoms with van der Waals surface area (Å²) in [5.74, 6) is 1.07. The van der Waals surface area contributed by atoms with Gasteiger partial charge < -0.3 is 4.57 Å². The highest BCUT2D eigenvalue weighted by Gasteiger charge is 2.02. The summed E-state index contributed by atoms with van der Waals surface area (Å²) in [7, 11) is 2.06. The van der Waals surface area contributed by atoms with Crippen molar-refractivity contribution < 1.29 is 0 Å². The zero-order chi connectivity index (χ0) is 9.97. The van der Waals surface area contributed by atoms with Crippen LogP contribution in [0.2, 0.25) is 0 Å². The number of aryl methyl sites for hydroxylation is 1. The molecule has 2 heteroatoms. The van der Waals surface area contributed by atoms with Crippen molar-refractivity contribution in [3.63, 3.8) is 0 Å². The van der Waals surface area contributed by atoms with E-state index >= 15 is 0 Å². The molecule has 1 heterocycles. The lowest BCUT2D eigenvalue weighted by Crippen LogP contribution is -1.98. The van der Waals surface area contributed by atoms with Crippen LogP contribution in [0, 0.1) is 6.92 Å². The molecule has 72 valence electrons. The number of hydrogen-bond acceptors (Lipinski definition) is 1. The van der Waals surface area contributed by atoms with Crippen LogP contribution in [-0.2, 0) is 13.5 Å². The third-order valence-electron chi connectivity index (χ3n) is 2.54. The second kappa shape index (κ2) is 3.66. The van der Waals surface area contributed by atoms with Gasteiger partial charge in [0.1, 0.15) is 5.82 Å². The topological polar surface area (TPSA) is 17.8 Å². The standard InChI is InChI=1S/C12H14N2/c1-10-13-9-12(14(10)2)8-11-6-4-3-5-7-11/h3-7,9H,8H2,1-2H3. The highest BCUT2D eigenvalue weighted by atomic mass is 15.0. The van der Waals surface area contributed by atoms with Crippen LogP contribution in [0.5, 0.6) is 0 Å². The number of imidazole rings is 1. The van der Waals surface area contributed by atoms with Gasteiger partial charge in [0.25, 0.3) is 0 Å². The molecule has 0 saturated heterocycles. The summed E-state index contributed by atoms with van der Waals surface area (Å²) in [6, 6.07) is 10.5. The Bertz CT molecular complexity index is 415. The van der Waals surface area contributed by atoms with Crippen LogP contribution in [0.4, 0.5) is 0 Å². The molecule has 2 nitrogen and oxygen atoms in total. The molecule has 14 heavy (non-hydrogen) atoms. The smallest absolute Gasteiger partial charge is 0.105 e. The fraction of sp³-hybridized carbons (Fsp3) is 0.250. The fourth-order valence-corrected chi connectivity index (χ4v) is 1.52. The number of nitrogens with zero attached hydrogens (tertiary/aromatic N) is 2. The van der Waals surface area contributed by atoms with Crippen molar-refractivity contribution in [1.82, 2.24) is 9.55 Å². The Hall–Kier alpha value is -1.57.